The minimum Gasteiger partial charge on any atom is -0.478 e. The van der Waals surface area contributed by atoms with Gasteiger partial charge in [0.05, 0.1) is 5.56 Å². The number of benzene rings is 2. The molecular weight excluding hydrogens is 462 g/mol. The Morgan fingerprint density at radius 2 is 1.89 bits per heavy atom. The molecule has 2 N–H and O–H groups in total. The fourth-order valence-corrected chi connectivity index (χ4v) is 6.08. The van der Waals surface area contributed by atoms with Crippen molar-refractivity contribution in [3.05, 3.63) is 76.6 Å². The van der Waals surface area contributed by atoms with Crippen molar-refractivity contribution in [3.8, 4) is 22.3 Å². The summed E-state index contributed by atoms with van der Waals surface area (Å²) in [5.41, 5.74) is 9.17. The fraction of sp³-hybridized carbons (Fsp3) is 0.323. The molecular formula is C31H29N3O3. The number of carbonyl (C=O) groups excluding carboxylic acids is 1. The summed E-state index contributed by atoms with van der Waals surface area (Å²) in [4.78, 5) is 35.0. The molecule has 0 spiro atoms. The number of aromatic carboxylic acids is 1. The third-order valence-corrected chi connectivity index (χ3v) is 8.50. The van der Waals surface area contributed by atoms with Crippen LogP contribution in [-0.2, 0) is 6.54 Å². The highest BCUT2D eigenvalue weighted by molar-refractivity contribution is 6.01. The summed E-state index contributed by atoms with van der Waals surface area (Å²) >= 11 is 0. The second-order valence-electron chi connectivity index (χ2n) is 11.0. The first-order chi connectivity index (χ1) is 17.9. The van der Waals surface area contributed by atoms with Crippen molar-refractivity contribution in [2.45, 2.75) is 58.0 Å². The Balaban J connectivity index is 1.28. The second-order valence-corrected chi connectivity index (χ2v) is 11.0. The van der Waals surface area contributed by atoms with Crippen molar-refractivity contribution in [2.75, 3.05) is 0 Å². The van der Waals surface area contributed by atoms with Gasteiger partial charge in [-0.15, -0.1) is 0 Å². The molecule has 2 aromatic carbocycles. The molecule has 186 valence electrons. The van der Waals surface area contributed by atoms with Crippen molar-refractivity contribution >= 4 is 22.9 Å². The standard InChI is InChI=1S/C31H29N3O3/c1-16-9-21(10-23-15-34(30(35)28(16)23)17(2)18-3-4-18)22-12-26-27(14-33-29(26)32-13-22)20-7-8-24(31(36)37)25(11-20)19-5-6-19/h7-14,17-19H,3-6,15H2,1-2H3,(H,32,33)(H,36,37)/t17-/m0/s1. The summed E-state index contributed by atoms with van der Waals surface area (Å²) in [6.07, 6.45) is 8.36. The molecule has 7 rings (SSSR count). The summed E-state index contributed by atoms with van der Waals surface area (Å²) in [5.74, 6) is 0.272. The lowest BCUT2D eigenvalue weighted by Crippen LogP contribution is -2.34. The summed E-state index contributed by atoms with van der Waals surface area (Å²) < 4.78 is 0. The number of carboxylic acids is 1. The van der Waals surface area contributed by atoms with E-state index in [1.54, 1.807) is 6.07 Å². The SMILES string of the molecule is Cc1cc(-c2cnc3[nH]cc(-c4ccc(C(=O)O)c(C5CC5)c4)c3c2)cc2c1C(=O)N([C@@H](C)C1CC1)C2. The van der Waals surface area contributed by atoms with Crippen molar-refractivity contribution in [3.63, 3.8) is 0 Å². The third-order valence-electron chi connectivity index (χ3n) is 8.50. The first-order valence-corrected chi connectivity index (χ1v) is 13.2. The number of carbonyl (C=O) groups is 2. The number of hydrogen-bond acceptors (Lipinski definition) is 3. The van der Waals surface area contributed by atoms with Crippen LogP contribution < -0.4 is 0 Å². The lowest BCUT2D eigenvalue weighted by atomic mass is 9.94. The molecule has 2 fully saturated rings. The van der Waals surface area contributed by atoms with Crippen LogP contribution in [0.15, 0.2) is 48.8 Å². The van der Waals surface area contributed by atoms with Crippen LogP contribution in [0.4, 0.5) is 0 Å². The predicted molar refractivity (Wildman–Crippen MR) is 143 cm³/mol. The van der Waals surface area contributed by atoms with E-state index < -0.39 is 5.97 Å². The van der Waals surface area contributed by atoms with E-state index in [-0.39, 0.29) is 11.9 Å². The molecule has 37 heavy (non-hydrogen) atoms. The number of aromatic amines is 1. The zero-order chi connectivity index (χ0) is 25.4. The third kappa shape index (κ3) is 3.66. The molecule has 1 amide bonds. The molecule has 6 heteroatoms. The van der Waals surface area contributed by atoms with Crippen LogP contribution in [0.2, 0.25) is 0 Å². The van der Waals surface area contributed by atoms with Gasteiger partial charge in [0, 0.05) is 47.1 Å². The molecule has 6 nitrogen and oxygen atoms in total. The van der Waals surface area contributed by atoms with Crippen molar-refractivity contribution in [1.29, 1.82) is 0 Å². The highest BCUT2D eigenvalue weighted by Crippen LogP contribution is 2.44. The molecule has 2 saturated carbocycles. The summed E-state index contributed by atoms with van der Waals surface area (Å²) in [7, 11) is 0. The smallest absolute Gasteiger partial charge is 0.335 e. The largest absolute Gasteiger partial charge is 0.478 e. The first-order valence-electron chi connectivity index (χ1n) is 13.2. The van der Waals surface area contributed by atoms with E-state index in [9.17, 15) is 14.7 Å². The molecule has 1 aliphatic heterocycles. The van der Waals surface area contributed by atoms with Gasteiger partial charge in [0.25, 0.3) is 5.91 Å². The van der Waals surface area contributed by atoms with Crippen LogP contribution in [0.3, 0.4) is 0 Å². The molecule has 3 heterocycles. The number of H-pyrrole nitrogens is 1. The molecule has 0 radical (unpaired) electrons. The van der Waals surface area contributed by atoms with Crippen molar-refractivity contribution < 1.29 is 14.7 Å². The summed E-state index contributed by atoms with van der Waals surface area (Å²) in [6.45, 7) is 4.88. The quantitative estimate of drug-likeness (QED) is 0.321. The molecule has 1 atom stereocenters. The minimum absolute atomic E-state index is 0.163. The number of nitrogens with zero attached hydrogens (tertiary/aromatic N) is 2. The monoisotopic (exact) mass is 491 g/mol. The number of pyridine rings is 1. The number of nitrogens with one attached hydrogen (secondary N) is 1. The molecule has 2 aromatic heterocycles. The van der Waals surface area contributed by atoms with Gasteiger partial charge in [-0.3, -0.25) is 4.79 Å². The van der Waals surface area contributed by atoms with Gasteiger partial charge in [0.2, 0.25) is 0 Å². The Hall–Kier alpha value is -3.93. The number of carboxylic acid groups (broad SMARTS) is 1. The highest BCUT2D eigenvalue weighted by atomic mass is 16.4. The van der Waals surface area contributed by atoms with E-state index in [2.05, 4.69) is 30.1 Å². The number of amides is 1. The average molecular weight is 492 g/mol. The molecule has 2 aliphatic carbocycles. The average Bonchev–Trinajstić information content (AvgIpc) is 3.82. The van der Waals surface area contributed by atoms with Crippen molar-refractivity contribution in [1.82, 2.24) is 14.9 Å². The Bertz CT molecular complexity index is 1610. The highest BCUT2D eigenvalue weighted by Gasteiger charge is 2.39. The molecule has 0 saturated heterocycles. The number of hydrogen-bond donors (Lipinski definition) is 2. The van der Waals surface area contributed by atoms with E-state index >= 15 is 0 Å². The van der Waals surface area contributed by atoms with Gasteiger partial charge < -0.3 is 15.0 Å². The first kappa shape index (κ1) is 22.3. The Kier molecular flexibility index (Phi) is 4.84. The maximum Gasteiger partial charge on any atom is 0.335 e. The zero-order valence-electron chi connectivity index (χ0n) is 21.0. The fourth-order valence-electron chi connectivity index (χ4n) is 6.08. The number of aryl methyl sites for hydroxylation is 1. The predicted octanol–water partition coefficient (Wildman–Crippen LogP) is 6.54. The van der Waals surface area contributed by atoms with Crippen LogP contribution in [0.25, 0.3) is 33.3 Å². The number of aromatic nitrogens is 2. The zero-order valence-corrected chi connectivity index (χ0v) is 21.0. The van der Waals surface area contributed by atoms with Crippen LogP contribution in [0.1, 0.15) is 75.9 Å². The molecule has 0 unspecified atom stereocenters. The lowest BCUT2D eigenvalue weighted by Gasteiger charge is -2.24. The Morgan fingerprint density at radius 3 is 2.62 bits per heavy atom. The summed E-state index contributed by atoms with van der Waals surface area (Å²) in [5, 5.41) is 10.6. The normalized spacial score (nSPS) is 17.9. The van der Waals surface area contributed by atoms with E-state index in [1.165, 1.54) is 12.8 Å². The van der Waals surface area contributed by atoms with E-state index in [0.717, 1.165) is 68.4 Å². The topological polar surface area (TPSA) is 86.3 Å². The van der Waals surface area contributed by atoms with Gasteiger partial charge in [0.1, 0.15) is 5.65 Å². The second kappa shape index (κ2) is 8.04. The van der Waals surface area contributed by atoms with Crippen molar-refractivity contribution in [2.24, 2.45) is 5.92 Å². The van der Waals surface area contributed by atoms with Crippen LogP contribution in [-0.4, -0.2) is 37.9 Å². The molecule has 3 aliphatic rings. The van der Waals surface area contributed by atoms with Crippen LogP contribution >= 0.6 is 0 Å². The van der Waals surface area contributed by atoms with Gasteiger partial charge in [-0.2, -0.15) is 0 Å². The molecule has 0 bridgehead atoms. The Labute approximate surface area is 215 Å². The van der Waals surface area contributed by atoms with Crippen LogP contribution in [0.5, 0.6) is 0 Å². The van der Waals surface area contributed by atoms with Gasteiger partial charge >= 0.3 is 5.97 Å². The van der Waals surface area contributed by atoms with Gasteiger partial charge in [-0.25, -0.2) is 9.78 Å². The lowest BCUT2D eigenvalue weighted by molar-refractivity contribution is 0.0687. The van der Waals surface area contributed by atoms with Gasteiger partial charge in [-0.1, -0.05) is 12.1 Å². The maximum atomic E-state index is 13.2. The van der Waals surface area contributed by atoms with Gasteiger partial charge in [0.15, 0.2) is 0 Å². The van der Waals surface area contributed by atoms with Gasteiger partial charge in [-0.05, 0) is 103 Å². The number of rotatable bonds is 6. The minimum atomic E-state index is -0.869. The Morgan fingerprint density at radius 1 is 1.08 bits per heavy atom. The maximum absolute atomic E-state index is 13.2. The van der Waals surface area contributed by atoms with E-state index in [4.69, 9.17) is 4.98 Å². The van der Waals surface area contributed by atoms with E-state index in [0.29, 0.717) is 23.9 Å². The number of fused-ring (bicyclic) bond motifs is 2. The summed E-state index contributed by atoms with van der Waals surface area (Å²) in [6, 6.07) is 12.4. The van der Waals surface area contributed by atoms with E-state index in [1.807, 2.05) is 36.4 Å². The molecule has 4 aromatic rings. The van der Waals surface area contributed by atoms with Crippen LogP contribution in [0, 0.1) is 12.8 Å².